The number of ether oxygens (including phenoxy) is 2. The molecule has 6 rings (SSSR count). The van der Waals surface area contributed by atoms with Gasteiger partial charge in [-0.3, -0.25) is 14.2 Å². The molecule has 2 heterocycles. The number of para-hydroxylation sites is 1. The molecule has 264 valence electrons. The lowest BCUT2D eigenvalue weighted by atomic mass is 9.98. The second-order valence-electron chi connectivity index (χ2n) is 13.9. The van der Waals surface area contributed by atoms with Crippen LogP contribution in [-0.2, 0) is 25.5 Å². The standard InChI is InChI=1S/C40H42N4O6S/c1-25(42-38(47)49-24-32-30-16-7-5-14-28(30)29-15-6-8-17-31(29)32)37(46)43-33(36(45)35(22-41)51-19-11-12-20-51)21-26-23-44(39(48)50-40(2,3)4)34-18-10-9-13-27(26)34/h5-10,13-18,23,25,32-33H,11-12,19-21,24H2,1-4H3,(H,42,47)(H,43,46)/t25-,33+/m1/s1. The molecule has 10 nitrogen and oxygen atoms in total. The third-order valence-corrected chi connectivity index (χ3v) is 11.6. The molecule has 3 aromatic carbocycles. The maximum Gasteiger partial charge on any atom is 0.419 e. The largest absolute Gasteiger partial charge is 0.449 e. The van der Waals surface area contributed by atoms with E-state index in [2.05, 4.69) is 28.8 Å². The Morgan fingerprint density at radius 2 is 1.53 bits per heavy atom. The van der Waals surface area contributed by atoms with Crippen LogP contribution in [0.1, 0.15) is 63.1 Å². The smallest absolute Gasteiger partial charge is 0.419 e. The average Bonchev–Trinajstić information content (AvgIpc) is 3.84. The Hall–Kier alpha value is -5.21. The third kappa shape index (κ3) is 7.76. The topological polar surface area (TPSA) is 140 Å². The number of nitriles is 1. The Bertz CT molecular complexity index is 2030. The Kier molecular flexibility index (Phi) is 10.4. The van der Waals surface area contributed by atoms with Crippen molar-refractivity contribution in [2.75, 3.05) is 18.1 Å². The summed E-state index contributed by atoms with van der Waals surface area (Å²) in [5, 5.41) is 16.3. The first kappa shape index (κ1) is 35.6. The van der Waals surface area contributed by atoms with Crippen LogP contribution in [0.15, 0.2) is 79.0 Å². The molecular weight excluding hydrogens is 665 g/mol. The number of Topliss-reactive ketones (excluding diaryl/α,β-unsaturated/α-hetero) is 1. The fourth-order valence-corrected chi connectivity index (χ4v) is 9.04. The highest BCUT2D eigenvalue weighted by Gasteiger charge is 2.32. The van der Waals surface area contributed by atoms with Gasteiger partial charge < -0.3 is 20.1 Å². The van der Waals surface area contributed by atoms with Gasteiger partial charge in [0.1, 0.15) is 29.2 Å². The van der Waals surface area contributed by atoms with Crippen molar-refractivity contribution in [1.29, 1.82) is 5.26 Å². The van der Waals surface area contributed by atoms with Gasteiger partial charge in [-0.05, 0) is 85.9 Å². The van der Waals surface area contributed by atoms with E-state index in [0.29, 0.717) is 16.5 Å². The number of rotatable bonds is 9. The predicted molar refractivity (Wildman–Crippen MR) is 199 cm³/mol. The molecule has 1 fully saturated rings. The van der Waals surface area contributed by atoms with Crippen molar-refractivity contribution in [3.63, 3.8) is 0 Å². The van der Waals surface area contributed by atoms with E-state index >= 15 is 0 Å². The molecule has 0 spiro atoms. The summed E-state index contributed by atoms with van der Waals surface area (Å²) in [5.74, 6) is 0.303. The monoisotopic (exact) mass is 706 g/mol. The van der Waals surface area contributed by atoms with Crippen LogP contribution in [0.4, 0.5) is 9.59 Å². The van der Waals surface area contributed by atoms with Crippen molar-refractivity contribution in [3.8, 4) is 17.2 Å². The molecule has 51 heavy (non-hydrogen) atoms. The number of aromatic nitrogens is 1. The lowest BCUT2D eigenvalue weighted by Crippen LogP contribution is -2.52. The lowest BCUT2D eigenvalue weighted by Gasteiger charge is -2.22. The fraction of sp³-hybridized carbons (Fsp3) is 0.350. The van der Waals surface area contributed by atoms with Crippen LogP contribution in [0, 0.1) is 11.3 Å². The van der Waals surface area contributed by atoms with Gasteiger partial charge in [0, 0.05) is 23.9 Å². The zero-order valence-electron chi connectivity index (χ0n) is 29.2. The number of carbonyl (C=O) groups excluding carboxylic acids is 4. The number of alkyl carbamates (subject to hydrolysis) is 1. The van der Waals surface area contributed by atoms with E-state index in [0.717, 1.165) is 46.6 Å². The Balaban J connectivity index is 1.20. The van der Waals surface area contributed by atoms with E-state index < -0.39 is 52.0 Å². The predicted octanol–water partition coefficient (Wildman–Crippen LogP) is 6.71. The van der Waals surface area contributed by atoms with E-state index in [4.69, 9.17) is 9.47 Å². The van der Waals surface area contributed by atoms with E-state index in [1.165, 1.54) is 11.5 Å². The first-order valence-corrected chi connectivity index (χ1v) is 18.7. The van der Waals surface area contributed by atoms with Crippen molar-refractivity contribution in [2.24, 2.45) is 0 Å². The Labute approximate surface area is 300 Å². The SMILES string of the molecule is C[C@@H](NC(=O)OCC1c2ccccc2-c2ccccc21)C(=O)N[C@@H](Cc1cn(C(=O)OC(C)(C)C)c2ccccc12)C(=O)C(C#N)=S1CCCC1. The van der Waals surface area contributed by atoms with Crippen molar-refractivity contribution in [1.82, 2.24) is 15.2 Å². The van der Waals surface area contributed by atoms with Gasteiger partial charge in [0.15, 0.2) is 0 Å². The van der Waals surface area contributed by atoms with E-state index in [9.17, 15) is 24.4 Å². The van der Waals surface area contributed by atoms with Gasteiger partial charge in [-0.1, -0.05) is 66.7 Å². The van der Waals surface area contributed by atoms with Crippen LogP contribution < -0.4 is 10.6 Å². The number of nitrogens with one attached hydrogen (secondary N) is 2. The van der Waals surface area contributed by atoms with Crippen molar-refractivity contribution >= 4 is 50.1 Å². The van der Waals surface area contributed by atoms with Crippen molar-refractivity contribution in [3.05, 3.63) is 95.7 Å². The first-order valence-electron chi connectivity index (χ1n) is 17.2. The molecule has 11 heteroatoms. The number of benzene rings is 3. The minimum atomic E-state index is -1.12. The molecule has 2 atom stereocenters. The van der Waals surface area contributed by atoms with E-state index in [-0.39, 0.29) is 23.8 Å². The Morgan fingerprint density at radius 3 is 2.16 bits per heavy atom. The van der Waals surface area contributed by atoms with Crippen molar-refractivity contribution in [2.45, 2.75) is 70.6 Å². The maximum absolute atomic E-state index is 14.1. The number of nitrogens with zero attached hydrogens (tertiary/aromatic N) is 2. The van der Waals surface area contributed by atoms with E-state index in [1.54, 1.807) is 39.1 Å². The molecule has 1 aromatic heterocycles. The molecule has 0 saturated carbocycles. The molecular formula is C40H42N4O6S. The number of fused-ring (bicyclic) bond motifs is 4. The number of amides is 2. The van der Waals surface area contributed by atoms with Gasteiger partial charge in [-0.15, -0.1) is 0 Å². The molecule has 0 bridgehead atoms. The zero-order chi connectivity index (χ0) is 36.3. The minimum absolute atomic E-state index is 0.0148. The maximum atomic E-state index is 14.1. The average molecular weight is 707 g/mol. The number of hydrogen-bond acceptors (Lipinski definition) is 7. The summed E-state index contributed by atoms with van der Waals surface area (Å²) in [6.07, 6.45) is 2.16. The van der Waals surface area contributed by atoms with Gasteiger partial charge in [-0.2, -0.15) is 15.7 Å². The summed E-state index contributed by atoms with van der Waals surface area (Å²) in [4.78, 5) is 54.1. The first-order chi connectivity index (χ1) is 24.4. The molecule has 1 aliphatic carbocycles. The van der Waals surface area contributed by atoms with Crippen LogP contribution >= 0.6 is 10.5 Å². The molecule has 1 saturated heterocycles. The van der Waals surface area contributed by atoms with E-state index in [1.807, 2.05) is 48.5 Å². The summed E-state index contributed by atoms with van der Waals surface area (Å²) in [6.45, 7) is 6.94. The summed E-state index contributed by atoms with van der Waals surface area (Å²) >= 11 is 0. The lowest BCUT2D eigenvalue weighted by molar-refractivity contribution is -0.126. The van der Waals surface area contributed by atoms with Crippen LogP contribution in [0.5, 0.6) is 0 Å². The van der Waals surface area contributed by atoms with Crippen LogP contribution in [-0.4, -0.2) is 69.1 Å². The molecule has 2 amide bonds. The van der Waals surface area contributed by atoms with Gasteiger partial charge in [0.05, 0.1) is 11.6 Å². The number of carbonyl (C=O) groups is 4. The summed E-state index contributed by atoms with van der Waals surface area (Å²) in [5.41, 5.74) is 4.83. The van der Waals surface area contributed by atoms with Gasteiger partial charge in [0.25, 0.3) is 0 Å². The molecule has 2 aliphatic rings. The Morgan fingerprint density at radius 1 is 0.922 bits per heavy atom. The molecule has 4 aromatic rings. The normalized spacial score (nSPS) is 15.3. The molecule has 2 N–H and O–H groups in total. The number of hydrogen-bond donors (Lipinski definition) is 2. The summed E-state index contributed by atoms with van der Waals surface area (Å²) < 4.78 is 12.7. The second kappa shape index (κ2) is 15.0. The van der Waals surface area contributed by atoms with Crippen LogP contribution in [0.3, 0.4) is 0 Å². The van der Waals surface area contributed by atoms with Crippen molar-refractivity contribution < 1.29 is 28.7 Å². The quantitative estimate of drug-likeness (QED) is 0.185. The highest BCUT2D eigenvalue weighted by atomic mass is 32.2. The summed E-state index contributed by atoms with van der Waals surface area (Å²) in [7, 11) is -0.499. The minimum Gasteiger partial charge on any atom is -0.449 e. The highest BCUT2D eigenvalue weighted by Crippen LogP contribution is 2.44. The number of ketones is 1. The zero-order valence-corrected chi connectivity index (χ0v) is 30.0. The van der Waals surface area contributed by atoms with Crippen LogP contribution in [0.2, 0.25) is 0 Å². The molecule has 0 unspecified atom stereocenters. The highest BCUT2D eigenvalue weighted by molar-refractivity contribution is 8.17. The van der Waals surface area contributed by atoms with Gasteiger partial charge in [-0.25, -0.2) is 9.59 Å². The third-order valence-electron chi connectivity index (χ3n) is 9.16. The molecule has 0 radical (unpaired) electrons. The van der Waals surface area contributed by atoms with Gasteiger partial charge in [0.2, 0.25) is 11.7 Å². The van der Waals surface area contributed by atoms with Gasteiger partial charge >= 0.3 is 12.2 Å². The molecule has 1 aliphatic heterocycles. The summed E-state index contributed by atoms with van der Waals surface area (Å²) in [6, 6.07) is 23.3. The second-order valence-corrected chi connectivity index (χ2v) is 16.1. The van der Waals surface area contributed by atoms with Crippen LogP contribution in [0.25, 0.3) is 22.0 Å². The fourth-order valence-electron chi connectivity index (χ4n) is 6.76.